The number of guanidine groups is 1. The number of nitrogens with zero attached hydrogens (tertiary/aromatic N) is 2. The normalized spacial score (nSPS) is 19.7. The molecule has 2 N–H and O–H groups in total. The maximum atomic E-state index is 12.6. The van der Waals surface area contributed by atoms with Crippen LogP contribution in [0.15, 0.2) is 29.3 Å². The molecule has 0 aromatic heterocycles. The molecule has 7 heteroatoms. The van der Waals surface area contributed by atoms with Crippen molar-refractivity contribution in [3.63, 3.8) is 0 Å². The van der Waals surface area contributed by atoms with Gasteiger partial charge in [-0.3, -0.25) is 9.79 Å². The van der Waals surface area contributed by atoms with E-state index in [0.717, 1.165) is 56.2 Å². The predicted octanol–water partition coefficient (Wildman–Crippen LogP) is 3.80. The third-order valence-corrected chi connectivity index (χ3v) is 5.71. The van der Waals surface area contributed by atoms with E-state index < -0.39 is 0 Å². The summed E-state index contributed by atoms with van der Waals surface area (Å²) in [4.78, 5) is 19.0. The maximum absolute atomic E-state index is 12.6. The summed E-state index contributed by atoms with van der Waals surface area (Å²) in [7, 11) is 1.79. The van der Waals surface area contributed by atoms with Crippen LogP contribution in [-0.2, 0) is 11.3 Å². The topological polar surface area (TPSA) is 66.0 Å². The molecule has 1 saturated carbocycles. The van der Waals surface area contributed by atoms with Crippen molar-refractivity contribution in [2.75, 3.05) is 26.7 Å². The van der Waals surface area contributed by atoms with Gasteiger partial charge in [0.2, 0.25) is 5.91 Å². The minimum absolute atomic E-state index is 0. The smallest absolute Gasteiger partial charge is 0.225 e. The van der Waals surface area contributed by atoms with Crippen molar-refractivity contribution in [3.8, 4) is 5.75 Å². The standard InChI is InChI=1S/C23H36N4O2.HI/c1-17(2)16-29-21-10-6-7-18(13-21)14-25-23(24-3)26-20-11-12-27(15-20)22(28)19-8-4-5-9-19;/h6-7,10,13,17,19-20H,4-5,8-9,11-12,14-16H2,1-3H3,(H2,24,25,26);1H. The Bertz CT molecular complexity index is 704. The van der Waals surface area contributed by atoms with Gasteiger partial charge in [-0.15, -0.1) is 24.0 Å². The fraction of sp³-hybridized carbons (Fsp3) is 0.652. The van der Waals surface area contributed by atoms with E-state index in [1.54, 1.807) is 7.05 Å². The monoisotopic (exact) mass is 528 g/mol. The second kappa shape index (κ2) is 12.4. The van der Waals surface area contributed by atoms with Crippen LogP contribution >= 0.6 is 24.0 Å². The molecule has 0 radical (unpaired) electrons. The molecule has 0 bridgehead atoms. The van der Waals surface area contributed by atoms with Gasteiger partial charge in [0.15, 0.2) is 5.96 Å². The number of benzene rings is 1. The van der Waals surface area contributed by atoms with Crippen molar-refractivity contribution in [2.24, 2.45) is 16.8 Å². The summed E-state index contributed by atoms with van der Waals surface area (Å²) in [5.74, 6) is 2.80. The molecule has 1 aromatic rings. The van der Waals surface area contributed by atoms with Gasteiger partial charge in [-0.2, -0.15) is 0 Å². The van der Waals surface area contributed by atoms with Gasteiger partial charge in [-0.05, 0) is 42.9 Å². The summed E-state index contributed by atoms with van der Waals surface area (Å²) < 4.78 is 5.81. The molecular weight excluding hydrogens is 491 g/mol. The molecule has 30 heavy (non-hydrogen) atoms. The number of ether oxygens (including phenoxy) is 1. The van der Waals surface area contributed by atoms with Crippen molar-refractivity contribution in [2.45, 2.75) is 58.5 Å². The highest BCUT2D eigenvalue weighted by Gasteiger charge is 2.32. The molecule has 1 amide bonds. The highest BCUT2D eigenvalue weighted by molar-refractivity contribution is 14.0. The SMILES string of the molecule is CN=C(NCc1cccc(OCC(C)C)c1)NC1CCN(C(=O)C2CCCC2)C1.I. The lowest BCUT2D eigenvalue weighted by atomic mass is 10.1. The van der Waals surface area contributed by atoms with Crippen molar-refractivity contribution in [3.05, 3.63) is 29.8 Å². The first-order valence-corrected chi connectivity index (χ1v) is 11.0. The number of hydrogen-bond acceptors (Lipinski definition) is 3. The Morgan fingerprint density at radius 1 is 1.27 bits per heavy atom. The highest BCUT2D eigenvalue weighted by atomic mass is 127. The van der Waals surface area contributed by atoms with E-state index in [-0.39, 0.29) is 35.9 Å². The van der Waals surface area contributed by atoms with Crippen molar-refractivity contribution >= 4 is 35.8 Å². The minimum atomic E-state index is 0. The third kappa shape index (κ3) is 7.32. The lowest BCUT2D eigenvalue weighted by Crippen LogP contribution is -2.45. The van der Waals surface area contributed by atoms with Crippen LogP contribution in [0.4, 0.5) is 0 Å². The predicted molar refractivity (Wildman–Crippen MR) is 132 cm³/mol. The van der Waals surface area contributed by atoms with Crippen LogP contribution < -0.4 is 15.4 Å². The summed E-state index contributed by atoms with van der Waals surface area (Å²) in [6, 6.07) is 8.42. The quantitative estimate of drug-likeness (QED) is 0.321. The van der Waals surface area contributed by atoms with Gasteiger partial charge in [0.1, 0.15) is 5.75 Å². The summed E-state index contributed by atoms with van der Waals surface area (Å²) in [5, 5.41) is 6.86. The van der Waals surface area contributed by atoms with E-state index in [4.69, 9.17) is 4.74 Å². The van der Waals surface area contributed by atoms with Crippen molar-refractivity contribution in [1.82, 2.24) is 15.5 Å². The Balaban J connectivity index is 0.00000320. The van der Waals surface area contributed by atoms with E-state index >= 15 is 0 Å². The Labute approximate surface area is 198 Å². The van der Waals surface area contributed by atoms with E-state index in [0.29, 0.717) is 18.4 Å². The molecule has 0 spiro atoms. The number of hydrogen-bond donors (Lipinski definition) is 2. The zero-order valence-corrected chi connectivity index (χ0v) is 20.9. The number of nitrogens with one attached hydrogen (secondary N) is 2. The Morgan fingerprint density at radius 3 is 2.73 bits per heavy atom. The van der Waals surface area contributed by atoms with Crippen molar-refractivity contribution < 1.29 is 9.53 Å². The maximum Gasteiger partial charge on any atom is 0.225 e. The molecule has 1 aliphatic heterocycles. The van der Waals surface area contributed by atoms with Crippen LogP contribution in [0.1, 0.15) is 51.5 Å². The van der Waals surface area contributed by atoms with Crippen LogP contribution in [0.5, 0.6) is 5.75 Å². The van der Waals surface area contributed by atoms with E-state index in [1.165, 1.54) is 12.8 Å². The lowest BCUT2D eigenvalue weighted by Gasteiger charge is -2.21. The van der Waals surface area contributed by atoms with Gasteiger partial charge < -0.3 is 20.3 Å². The van der Waals surface area contributed by atoms with E-state index in [1.807, 2.05) is 17.0 Å². The molecule has 2 fully saturated rings. The molecule has 6 nitrogen and oxygen atoms in total. The van der Waals surface area contributed by atoms with Gasteiger partial charge >= 0.3 is 0 Å². The van der Waals surface area contributed by atoms with Gasteiger partial charge in [0.25, 0.3) is 0 Å². The van der Waals surface area contributed by atoms with Gasteiger partial charge in [-0.1, -0.05) is 38.8 Å². The Hall–Kier alpha value is -1.51. The van der Waals surface area contributed by atoms with Gasteiger partial charge in [0, 0.05) is 38.6 Å². The molecule has 1 atom stereocenters. The number of rotatable bonds is 7. The second-order valence-corrected chi connectivity index (χ2v) is 8.67. The summed E-state index contributed by atoms with van der Waals surface area (Å²) >= 11 is 0. The number of carbonyl (C=O) groups excluding carboxylic acids is 1. The highest BCUT2D eigenvalue weighted by Crippen LogP contribution is 2.27. The number of halogens is 1. The fourth-order valence-electron chi connectivity index (χ4n) is 4.09. The number of aliphatic imine (C=N–C) groups is 1. The Kier molecular flexibility index (Phi) is 10.2. The Morgan fingerprint density at radius 2 is 2.03 bits per heavy atom. The third-order valence-electron chi connectivity index (χ3n) is 5.71. The first-order valence-electron chi connectivity index (χ1n) is 11.0. The largest absolute Gasteiger partial charge is 0.493 e. The van der Waals surface area contributed by atoms with E-state index in [9.17, 15) is 4.79 Å². The van der Waals surface area contributed by atoms with Crippen LogP contribution in [0.25, 0.3) is 0 Å². The molecule has 1 aliphatic carbocycles. The second-order valence-electron chi connectivity index (χ2n) is 8.67. The van der Waals surface area contributed by atoms with Crippen molar-refractivity contribution in [1.29, 1.82) is 0 Å². The molecule has 1 saturated heterocycles. The number of carbonyl (C=O) groups is 1. The average molecular weight is 528 g/mol. The number of amides is 1. The van der Waals surface area contributed by atoms with E-state index in [2.05, 4.69) is 41.6 Å². The molecule has 1 aromatic carbocycles. The zero-order chi connectivity index (χ0) is 20.6. The number of likely N-dealkylation sites (tertiary alicyclic amines) is 1. The zero-order valence-electron chi connectivity index (χ0n) is 18.5. The minimum Gasteiger partial charge on any atom is -0.493 e. The molecule has 1 unspecified atom stereocenters. The van der Waals surface area contributed by atoms with Crippen LogP contribution in [-0.4, -0.2) is 49.6 Å². The van der Waals surface area contributed by atoms with Crippen LogP contribution in [0.3, 0.4) is 0 Å². The van der Waals surface area contributed by atoms with Gasteiger partial charge in [-0.25, -0.2) is 0 Å². The first-order chi connectivity index (χ1) is 14.0. The molecule has 3 rings (SSSR count). The first kappa shape index (κ1) is 24.8. The summed E-state index contributed by atoms with van der Waals surface area (Å²) in [6.07, 6.45) is 5.50. The lowest BCUT2D eigenvalue weighted by molar-refractivity contribution is -0.134. The summed E-state index contributed by atoms with van der Waals surface area (Å²) in [5.41, 5.74) is 1.15. The van der Waals surface area contributed by atoms with Crippen LogP contribution in [0.2, 0.25) is 0 Å². The molecule has 2 aliphatic rings. The fourth-order valence-corrected chi connectivity index (χ4v) is 4.09. The van der Waals surface area contributed by atoms with Gasteiger partial charge in [0.05, 0.1) is 6.61 Å². The van der Waals surface area contributed by atoms with Crippen LogP contribution in [0, 0.1) is 11.8 Å². The average Bonchev–Trinajstić information content (AvgIpc) is 3.41. The molecule has 168 valence electrons. The molecule has 1 heterocycles. The molecular formula is C23H37IN4O2. The summed E-state index contributed by atoms with van der Waals surface area (Å²) in [6.45, 7) is 7.31.